The third kappa shape index (κ3) is 3.21. The van der Waals surface area contributed by atoms with Crippen molar-refractivity contribution in [1.29, 1.82) is 5.26 Å². The van der Waals surface area contributed by atoms with E-state index in [0.29, 0.717) is 17.4 Å². The molecule has 3 N–H and O–H groups in total. The maximum atomic E-state index is 9.82. The highest BCUT2D eigenvalue weighted by Crippen LogP contribution is 2.46. The van der Waals surface area contributed by atoms with Gasteiger partial charge in [-0.05, 0) is 29.2 Å². The Kier molecular flexibility index (Phi) is 4.73. The molecule has 0 bridgehead atoms. The molecule has 0 unspecified atom stereocenters. The molecular formula is C23H22N4O2. The lowest BCUT2D eigenvalue weighted by Gasteiger charge is -2.24. The summed E-state index contributed by atoms with van der Waals surface area (Å²) in [7, 11) is 1.63. The number of nitrogens with one attached hydrogen (secondary N) is 1. The second kappa shape index (κ2) is 7.36. The minimum atomic E-state index is -0.370. The predicted octanol–water partition coefficient (Wildman–Crippen LogP) is 4.43. The molecule has 1 aliphatic rings. The van der Waals surface area contributed by atoms with Crippen LogP contribution >= 0.6 is 0 Å². The van der Waals surface area contributed by atoms with Gasteiger partial charge < -0.3 is 15.2 Å². The van der Waals surface area contributed by atoms with Crippen LogP contribution in [0.25, 0.3) is 11.3 Å². The number of methoxy groups -OCH3 is 1. The Morgan fingerprint density at radius 1 is 1.21 bits per heavy atom. The Hall–Kier alpha value is -3.72. The molecule has 2 heterocycles. The van der Waals surface area contributed by atoms with Gasteiger partial charge in [0.15, 0.2) is 0 Å². The van der Waals surface area contributed by atoms with Gasteiger partial charge in [-0.3, -0.25) is 5.10 Å². The van der Waals surface area contributed by atoms with Crippen LogP contribution in [0.4, 0.5) is 0 Å². The normalized spacial score (nSPS) is 15.6. The van der Waals surface area contributed by atoms with Gasteiger partial charge in [-0.1, -0.05) is 50.2 Å². The molecule has 0 saturated heterocycles. The number of fused-ring (bicyclic) bond motifs is 1. The molecule has 1 atom stereocenters. The second-order valence-electron chi connectivity index (χ2n) is 7.30. The Morgan fingerprint density at radius 2 is 1.97 bits per heavy atom. The molecule has 0 radical (unpaired) electrons. The van der Waals surface area contributed by atoms with E-state index in [1.54, 1.807) is 7.11 Å². The van der Waals surface area contributed by atoms with Crippen molar-refractivity contribution >= 4 is 0 Å². The van der Waals surface area contributed by atoms with Gasteiger partial charge >= 0.3 is 0 Å². The molecule has 2 aromatic carbocycles. The minimum Gasteiger partial charge on any atom is -0.497 e. The van der Waals surface area contributed by atoms with Gasteiger partial charge in [-0.2, -0.15) is 5.26 Å². The van der Waals surface area contributed by atoms with Crippen molar-refractivity contribution in [2.24, 2.45) is 5.73 Å². The summed E-state index contributed by atoms with van der Waals surface area (Å²) in [6, 6.07) is 18.2. The lowest BCUT2D eigenvalue weighted by molar-refractivity contribution is 0.379. The molecule has 0 saturated carbocycles. The fourth-order valence-electron chi connectivity index (χ4n) is 3.65. The fraction of sp³-hybridized carbons (Fsp3) is 0.217. The zero-order valence-electron chi connectivity index (χ0n) is 16.6. The number of allylic oxidation sites excluding steroid dienone is 1. The zero-order chi connectivity index (χ0) is 20.5. The third-order valence-corrected chi connectivity index (χ3v) is 5.23. The van der Waals surface area contributed by atoms with Crippen molar-refractivity contribution in [3.8, 4) is 29.0 Å². The number of hydrogen-bond donors (Lipinski definition) is 2. The SMILES string of the molecule is COc1cccc(-c2[nH]nc3c2[C@@H](c2ccc(C(C)C)cc2)C(C#N)=C(N)O3)c1. The van der Waals surface area contributed by atoms with Crippen LogP contribution < -0.4 is 15.2 Å². The number of nitrogens with two attached hydrogens (primary N) is 1. The lowest BCUT2D eigenvalue weighted by Crippen LogP contribution is -2.21. The molecule has 1 aromatic heterocycles. The number of hydrogen-bond acceptors (Lipinski definition) is 5. The van der Waals surface area contributed by atoms with E-state index in [4.69, 9.17) is 15.2 Å². The Labute approximate surface area is 169 Å². The molecule has 29 heavy (non-hydrogen) atoms. The van der Waals surface area contributed by atoms with E-state index in [1.165, 1.54) is 5.56 Å². The van der Waals surface area contributed by atoms with Crippen molar-refractivity contribution in [2.75, 3.05) is 7.11 Å². The monoisotopic (exact) mass is 386 g/mol. The molecule has 6 nitrogen and oxygen atoms in total. The van der Waals surface area contributed by atoms with Crippen molar-refractivity contribution in [1.82, 2.24) is 10.2 Å². The van der Waals surface area contributed by atoms with Gasteiger partial charge in [-0.25, -0.2) is 0 Å². The van der Waals surface area contributed by atoms with Gasteiger partial charge in [0.25, 0.3) is 0 Å². The summed E-state index contributed by atoms with van der Waals surface area (Å²) in [6.07, 6.45) is 0. The minimum absolute atomic E-state index is 0.0848. The quantitative estimate of drug-likeness (QED) is 0.691. The highest BCUT2D eigenvalue weighted by atomic mass is 16.5. The molecule has 1 aliphatic heterocycles. The Balaban J connectivity index is 1.89. The number of nitriles is 1. The van der Waals surface area contributed by atoms with E-state index in [-0.39, 0.29) is 11.8 Å². The Morgan fingerprint density at radius 3 is 2.62 bits per heavy atom. The van der Waals surface area contributed by atoms with Crippen LogP contribution in [0.5, 0.6) is 11.6 Å². The van der Waals surface area contributed by atoms with Crippen LogP contribution in [0.15, 0.2) is 60.0 Å². The van der Waals surface area contributed by atoms with Gasteiger partial charge in [0.2, 0.25) is 11.8 Å². The van der Waals surface area contributed by atoms with E-state index in [9.17, 15) is 5.26 Å². The molecule has 0 aliphatic carbocycles. The maximum absolute atomic E-state index is 9.82. The van der Waals surface area contributed by atoms with Crippen molar-refractivity contribution in [2.45, 2.75) is 25.7 Å². The highest BCUT2D eigenvalue weighted by Gasteiger charge is 2.35. The molecule has 3 aromatic rings. The predicted molar refractivity (Wildman–Crippen MR) is 110 cm³/mol. The van der Waals surface area contributed by atoms with Crippen LogP contribution in [0, 0.1) is 11.3 Å². The summed E-state index contributed by atoms with van der Waals surface area (Å²) in [4.78, 5) is 0. The summed E-state index contributed by atoms with van der Waals surface area (Å²) in [6.45, 7) is 4.30. The number of rotatable bonds is 4. The highest BCUT2D eigenvalue weighted by molar-refractivity contribution is 5.71. The van der Waals surface area contributed by atoms with Crippen LogP contribution in [-0.2, 0) is 0 Å². The average molecular weight is 386 g/mol. The first-order valence-corrected chi connectivity index (χ1v) is 9.43. The van der Waals surface area contributed by atoms with Gasteiger partial charge in [-0.15, -0.1) is 5.10 Å². The van der Waals surface area contributed by atoms with Crippen LogP contribution in [0.3, 0.4) is 0 Å². The van der Waals surface area contributed by atoms with Gasteiger partial charge in [0.1, 0.15) is 17.4 Å². The molecular weight excluding hydrogens is 364 g/mol. The second-order valence-corrected chi connectivity index (χ2v) is 7.30. The summed E-state index contributed by atoms with van der Waals surface area (Å²) in [5.74, 6) is 1.26. The van der Waals surface area contributed by atoms with E-state index < -0.39 is 0 Å². The van der Waals surface area contributed by atoms with Gasteiger partial charge in [0, 0.05) is 5.56 Å². The van der Waals surface area contributed by atoms with E-state index >= 15 is 0 Å². The third-order valence-electron chi connectivity index (χ3n) is 5.23. The molecule has 6 heteroatoms. The number of aromatic amines is 1. The van der Waals surface area contributed by atoms with Crippen LogP contribution in [0.1, 0.15) is 42.4 Å². The number of nitrogens with zero attached hydrogens (tertiary/aromatic N) is 2. The molecule has 0 spiro atoms. The van der Waals surface area contributed by atoms with E-state index in [0.717, 1.165) is 28.1 Å². The average Bonchev–Trinajstić information content (AvgIpc) is 3.16. The maximum Gasteiger partial charge on any atom is 0.244 e. The standard InChI is InChI=1S/C23H22N4O2/c1-13(2)14-7-9-15(10-8-14)19-18(12-24)22(25)29-23-20(19)21(26-27-23)16-5-4-6-17(11-16)28-3/h4-11,13,19H,25H2,1-3H3,(H,26,27)/t19-/m0/s1. The van der Waals surface area contributed by atoms with Crippen molar-refractivity contribution in [3.63, 3.8) is 0 Å². The zero-order valence-corrected chi connectivity index (χ0v) is 16.6. The number of benzene rings is 2. The first-order chi connectivity index (χ1) is 14.0. The molecule has 146 valence electrons. The summed E-state index contributed by atoms with van der Waals surface area (Å²) in [5.41, 5.74) is 11.1. The molecule has 0 amide bonds. The number of ether oxygens (including phenoxy) is 2. The first-order valence-electron chi connectivity index (χ1n) is 9.43. The van der Waals surface area contributed by atoms with Crippen molar-refractivity contribution < 1.29 is 9.47 Å². The van der Waals surface area contributed by atoms with Gasteiger partial charge in [0.05, 0.1) is 24.3 Å². The largest absolute Gasteiger partial charge is 0.497 e. The number of H-pyrrole nitrogens is 1. The molecule has 0 fully saturated rings. The fourth-order valence-corrected chi connectivity index (χ4v) is 3.65. The summed E-state index contributed by atoms with van der Waals surface area (Å²) in [5, 5.41) is 17.2. The lowest BCUT2D eigenvalue weighted by atomic mass is 9.82. The summed E-state index contributed by atoms with van der Waals surface area (Å²) < 4.78 is 11.0. The molecule has 4 rings (SSSR count). The smallest absolute Gasteiger partial charge is 0.244 e. The van der Waals surface area contributed by atoms with E-state index in [1.807, 2.05) is 36.4 Å². The number of aromatic nitrogens is 2. The van der Waals surface area contributed by atoms with Crippen LogP contribution in [-0.4, -0.2) is 17.3 Å². The van der Waals surface area contributed by atoms with Crippen molar-refractivity contribution in [3.05, 3.63) is 76.7 Å². The van der Waals surface area contributed by atoms with E-state index in [2.05, 4.69) is 42.2 Å². The Bertz CT molecular complexity index is 1120. The van der Waals surface area contributed by atoms with Crippen LogP contribution in [0.2, 0.25) is 0 Å². The topological polar surface area (TPSA) is 97.0 Å². The first kappa shape index (κ1) is 18.6. The summed E-state index contributed by atoms with van der Waals surface area (Å²) >= 11 is 0.